The average Bonchev–Trinajstić information content (AvgIpc) is 2.67. The molecular weight excluding hydrogens is 230 g/mol. The zero-order valence-corrected chi connectivity index (χ0v) is 10.4. The highest BCUT2D eigenvalue weighted by Crippen LogP contribution is 2.30. The SMILES string of the molecule is CCOC(=O)c1c(-c2ccccc2)cc(O)n1C. The second-order valence-electron chi connectivity index (χ2n) is 3.91. The van der Waals surface area contributed by atoms with Crippen molar-refractivity contribution >= 4 is 5.97 Å². The van der Waals surface area contributed by atoms with Crippen molar-refractivity contribution in [2.45, 2.75) is 6.92 Å². The minimum atomic E-state index is -0.431. The van der Waals surface area contributed by atoms with Crippen LogP contribution in [-0.2, 0) is 11.8 Å². The van der Waals surface area contributed by atoms with Crippen molar-refractivity contribution in [3.63, 3.8) is 0 Å². The maximum absolute atomic E-state index is 11.9. The predicted octanol–water partition coefficient (Wildman–Crippen LogP) is 2.57. The van der Waals surface area contributed by atoms with Gasteiger partial charge in [0.2, 0.25) is 0 Å². The molecule has 2 aromatic rings. The van der Waals surface area contributed by atoms with Crippen LogP contribution in [0.3, 0.4) is 0 Å². The third kappa shape index (κ3) is 2.09. The second-order valence-corrected chi connectivity index (χ2v) is 3.91. The van der Waals surface area contributed by atoms with Gasteiger partial charge in [0, 0.05) is 18.7 Å². The number of aromatic hydroxyl groups is 1. The Balaban J connectivity index is 2.55. The van der Waals surface area contributed by atoms with Crippen LogP contribution in [0.25, 0.3) is 11.1 Å². The summed E-state index contributed by atoms with van der Waals surface area (Å²) in [4.78, 5) is 11.9. The van der Waals surface area contributed by atoms with E-state index in [1.807, 2.05) is 30.3 Å². The molecule has 0 amide bonds. The smallest absolute Gasteiger partial charge is 0.355 e. The van der Waals surface area contributed by atoms with Crippen LogP contribution in [0, 0.1) is 0 Å². The largest absolute Gasteiger partial charge is 0.494 e. The molecule has 0 spiro atoms. The zero-order chi connectivity index (χ0) is 13.1. The number of nitrogens with zero attached hydrogens (tertiary/aromatic N) is 1. The van der Waals surface area contributed by atoms with Gasteiger partial charge in [-0.1, -0.05) is 30.3 Å². The number of aromatic nitrogens is 1. The molecule has 1 heterocycles. The summed E-state index contributed by atoms with van der Waals surface area (Å²) in [6.45, 7) is 2.06. The van der Waals surface area contributed by atoms with Crippen molar-refractivity contribution < 1.29 is 14.6 Å². The zero-order valence-electron chi connectivity index (χ0n) is 10.4. The lowest BCUT2D eigenvalue weighted by molar-refractivity contribution is 0.0515. The Morgan fingerprint density at radius 3 is 2.61 bits per heavy atom. The number of carbonyl (C=O) groups is 1. The van der Waals surface area contributed by atoms with Crippen molar-refractivity contribution in [2.75, 3.05) is 6.61 Å². The van der Waals surface area contributed by atoms with Gasteiger partial charge in [-0.3, -0.25) is 0 Å². The molecule has 94 valence electrons. The third-order valence-corrected chi connectivity index (χ3v) is 2.76. The predicted molar refractivity (Wildman–Crippen MR) is 68.5 cm³/mol. The van der Waals surface area contributed by atoms with Crippen molar-refractivity contribution in [3.05, 3.63) is 42.1 Å². The Morgan fingerprint density at radius 2 is 2.00 bits per heavy atom. The van der Waals surface area contributed by atoms with Gasteiger partial charge < -0.3 is 14.4 Å². The Hall–Kier alpha value is -2.23. The maximum Gasteiger partial charge on any atom is 0.355 e. The molecule has 1 N–H and O–H groups in total. The van der Waals surface area contributed by atoms with E-state index in [0.717, 1.165) is 5.56 Å². The van der Waals surface area contributed by atoms with Gasteiger partial charge in [-0.25, -0.2) is 4.79 Å². The number of esters is 1. The Kier molecular flexibility index (Phi) is 3.37. The van der Waals surface area contributed by atoms with Gasteiger partial charge in [-0.15, -0.1) is 0 Å². The van der Waals surface area contributed by atoms with Gasteiger partial charge >= 0.3 is 5.97 Å². The van der Waals surface area contributed by atoms with E-state index < -0.39 is 5.97 Å². The van der Waals surface area contributed by atoms with E-state index in [4.69, 9.17) is 4.74 Å². The van der Waals surface area contributed by atoms with Gasteiger partial charge in [0.1, 0.15) is 5.69 Å². The van der Waals surface area contributed by atoms with E-state index >= 15 is 0 Å². The lowest BCUT2D eigenvalue weighted by atomic mass is 10.1. The number of hydrogen-bond donors (Lipinski definition) is 1. The van der Waals surface area contributed by atoms with Gasteiger partial charge in [-0.2, -0.15) is 0 Å². The van der Waals surface area contributed by atoms with E-state index in [9.17, 15) is 9.90 Å². The molecule has 1 aromatic carbocycles. The van der Waals surface area contributed by atoms with Crippen molar-refractivity contribution in [1.82, 2.24) is 4.57 Å². The molecule has 0 radical (unpaired) electrons. The van der Waals surface area contributed by atoms with Crippen LogP contribution in [0.15, 0.2) is 36.4 Å². The fourth-order valence-corrected chi connectivity index (χ4v) is 1.87. The second kappa shape index (κ2) is 4.96. The van der Waals surface area contributed by atoms with E-state index in [2.05, 4.69) is 0 Å². The summed E-state index contributed by atoms with van der Waals surface area (Å²) in [7, 11) is 1.63. The molecule has 0 atom stereocenters. The summed E-state index contributed by atoms with van der Waals surface area (Å²) < 4.78 is 6.44. The Labute approximate surface area is 105 Å². The van der Waals surface area contributed by atoms with Crippen LogP contribution < -0.4 is 0 Å². The topological polar surface area (TPSA) is 51.5 Å². The molecule has 0 saturated carbocycles. The molecular formula is C14H15NO3. The standard InChI is InChI=1S/C14H15NO3/c1-3-18-14(17)13-11(9-12(16)15(13)2)10-7-5-4-6-8-10/h4-9,16H,3H2,1-2H3. The maximum atomic E-state index is 11.9. The molecule has 18 heavy (non-hydrogen) atoms. The number of rotatable bonds is 3. The van der Waals surface area contributed by atoms with Gasteiger partial charge in [-0.05, 0) is 12.5 Å². The van der Waals surface area contributed by atoms with Crippen LogP contribution in [0.5, 0.6) is 5.88 Å². The molecule has 0 aliphatic heterocycles. The highest BCUT2D eigenvalue weighted by molar-refractivity contribution is 5.96. The summed E-state index contributed by atoms with van der Waals surface area (Å²) in [5, 5.41) is 9.75. The molecule has 2 rings (SSSR count). The van der Waals surface area contributed by atoms with Gasteiger partial charge in [0.05, 0.1) is 6.61 Å². The van der Waals surface area contributed by atoms with Crippen LogP contribution >= 0.6 is 0 Å². The quantitative estimate of drug-likeness (QED) is 0.845. The molecule has 0 aliphatic carbocycles. The molecule has 0 unspecified atom stereocenters. The van der Waals surface area contributed by atoms with Gasteiger partial charge in [0.15, 0.2) is 5.88 Å². The van der Waals surface area contributed by atoms with Crippen molar-refractivity contribution in [1.29, 1.82) is 0 Å². The molecule has 1 aromatic heterocycles. The van der Waals surface area contributed by atoms with E-state index in [1.54, 1.807) is 20.0 Å². The summed E-state index contributed by atoms with van der Waals surface area (Å²) in [5.41, 5.74) is 1.91. The lowest BCUT2D eigenvalue weighted by Crippen LogP contribution is -2.10. The summed E-state index contributed by atoms with van der Waals surface area (Å²) in [5.74, 6) is -0.393. The lowest BCUT2D eigenvalue weighted by Gasteiger charge is -2.07. The van der Waals surface area contributed by atoms with E-state index in [0.29, 0.717) is 17.9 Å². The Morgan fingerprint density at radius 1 is 1.33 bits per heavy atom. The molecule has 4 nitrogen and oxygen atoms in total. The first-order valence-corrected chi connectivity index (χ1v) is 5.76. The summed E-state index contributed by atoms with van der Waals surface area (Å²) in [6, 6.07) is 11.0. The third-order valence-electron chi connectivity index (χ3n) is 2.76. The van der Waals surface area contributed by atoms with Crippen LogP contribution in [0.2, 0.25) is 0 Å². The average molecular weight is 245 g/mol. The number of carbonyl (C=O) groups excluding carboxylic acids is 1. The van der Waals surface area contributed by atoms with Crippen molar-refractivity contribution in [2.24, 2.45) is 7.05 Å². The normalized spacial score (nSPS) is 10.3. The minimum absolute atomic E-state index is 0.0388. The van der Waals surface area contributed by atoms with Crippen LogP contribution in [0.1, 0.15) is 17.4 Å². The number of hydrogen-bond acceptors (Lipinski definition) is 3. The van der Waals surface area contributed by atoms with Crippen molar-refractivity contribution in [3.8, 4) is 17.0 Å². The molecule has 0 aliphatic rings. The fourth-order valence-electron chi connectivity index (χ4n) is 1.87. The van der Waals surface area contributed by atoms with Crippen LogP contribution in [-0.4, -0.2) is 22.2 Å². The molecule has 0 saturated heterocycles. The highest BCUT2D eigenvalue weighted by atomic mass is 16.5. The number of benzene rings is 1. The highest BCUT2D eigenvalue weighted by Gasteiger charge is 2.20. The fraction of sp³-hybridized carbons (Fsp3) is 0.214. The van der Waals surface area contributed by atoms with E-state index in [1.165, 1.54) is 4.57 Å². The first-order valence-electron chi connectivity index (χ1n) is 5.76. The monoisotopic (exact) mass is 245 g/mol. The molecule has 0 bridgehead atoms. The van der Waals surface area contributed by atoms with Crippen LogP contribution in [0.4, 0.5) is 0 Å². The first-order chi connectivity index (χ1) is 8.65. The first kappa shape index (κ1) is 12.2. The van der Waals surface area contributed by atoms with Gasteiger partial charge in [0.25, 0.3) is 0 Å². The minimum Gasteiger partial charge on any atom is -0.494 e. The molecule has 4 heteroatoms. The molecule has 0 fully saturated rings. The Bertz CT molecular complexity index is 558. The summed E-state index contributed by atoms with van der Waals surface area (Å²) in [6.07, 6.45) is 0. The number of ether oxygens (including phenoxy) is 1. The summed E-state index contributed by atoms with van der Waals surface area (Å²) >= 11 is 0. The van der Waals surface area contributed by atoms with E-state index in [-0.39, 0.29) is 5.88 Å².